The monoisotopic (exact) mass is 774 g/mol. The second kappa shape index (κ2) is 16.2. The Labute approximate surface area is 316 Å². The predicted molar refractivity (Wildman–Crippen MR) is 214 cm³/mol. The smallest absolute Gasteiger partial charge is 0.0920 e. The third kappa shape index (κ3) is 8.83. The molecule has 0 aliphatic carbocycles. The second-order valence-corrected chi connectivity index (χ2v) is 20.0. The van der Waals surface area contributed by atoms with E-state index in [1.165, 1.54) is 71.2 Å². The van der Waals surface area contributed by atoms with E-state index in [2.05, 4.69) is 171 Å². The van der Waals surface area contributed by atoms with Crippen LogP contribution in [0.15, 0.2) is 115 Å². The molecule has 248 valence electrons. The molecular weight excluding hydrogens is 731 g/mol. The maximum atomic E-state index is 4.93. The van der Waals surface area contributed by atoms with Crippen LogP contribution in [0.3, 0.4) is 0 Å². The van der Waals surface area contributed by atoms with Crippen LogP contribution < -0.4 is 10.4 Å². The number of hydrogen-bond donors (Lipinski definition) is 0. The SMILES string of the molecule is CCC(C)c1cc2c(-c3cc(C(C)(C)C)cc(C(C)(C)C)c3)c(-c3ccccc3)ccc2[cH-]1.[Cl][Zr+2][Cl].[c-]1cccc2c1[Si]c1ccccc1-2. The molecule has 0 bridgehead atoms. The summed E-state index contributed by atoms with van der Waals surface area (Å²) in [7, 11) is 10.7. The number of halogens is 2. The van der Waals surface area contributed by atoms with E-state index in [0.29, 0.717) is 5.92 Å². The Balaban J connectivity index is 0.000000239. The average molecular weight is 777 g/mol. The minimum absolute atomic E-state index is 0.0880. The summed E-state index contributed by atoms with van der Waals surface area (Å²) in [6, 6.07) is 45.8. The molecule has 4 heteroatoms. The van der Waals surface area contributed by atoms with Crippen LogP contribution in [0, 0.1) is 6.07 Å². The Morgan fingerprint density at radius 3 is 1.96 bits per heavy atom. The Morgan fingerprint density at radius 1 is 0.714 bits per heavy atom. The molecule has 0 fully saturated rings. The summed E-state index contributed by atoms with van der Waals surface area (Å²) in [4.78, 5) is 0. The molecule has 1 atom stereocenters. The molecule has 49 heavy (non-hydrogen) atoms. The fraction of sp³-hybridized carbons (Fsp3) is 0.267. The topological polar surface area (TPSA) is 0 Å². The van der Waals surface area contributed by atoms with Crippen molar-refractivity contribution in [1.29, 1.82) is 0 Å². The maximum absolute atomic E-state index is 4.93. The quantitative estimate of drug-likeness (QED) is 0.123. The summed E-state index contributed by atoms with van der Waals surface area (Å²) in [5.74, 6) is 0.566. The van der Waals surface area contributed by atoms with Gasteiger partial charge in [0.1, 0.15) is 0 Å². The minimum Gasteiger partial charge on any atom is -0.184 e. The van der Waals surface area contributed by atoms with Crippen LogP contribution in [-0.4, -0.2) is 9.52 Å². The summed E-state index contributed by atoms with van der Waals surface area (Å²) in [5, 5.41) is 5.54. The van der Waals surface area contributed by atoms with Crippen molar-refractivity contribution in [3.05, 3.63) is 138 Å². The van der Waals surface area contributed by atoms with Gasteiger partial charge in [-0.3, -0.25) is 0 Å². The molecule has 1 aliphatic heterocycles. The van der Waals surface area contributed by atoms with E-state index in [1.807, 2.05) is 6.07 Å². The van der Waals surface area contributed by atoms with E-state index >= 15 is 0 Å². The third-order valence-electron chi connectivity index (χ3n) is 9.47. The molecule has 0 saturated heterocycles. The number of fused-ring (bicyclic) bond motifs is 4. The van der Waals surface area contributed by atoms with E-state index in [9.17, 15) is 0 Å². The number of rotatable bonds is 4. The zero-order valence-electron chi connectivity index (χ0n) is 30.0. The molecule has 0 amide bonds. The molecule has 6 aromatic rings. The van der Waals surface area contributed by atoms with E-state index < -0.39 is 20.8 Å². The van der Waals surface area contributed by atoms with Gasteiger partial charge in [0, 0.05) is 0 Å². The van der Waals surface area contributed by atoms with Crippen molar-refractivity contribution >= 4 is 47.7 Å². The van der Waals surface area contributed by atoms with Gasteiger partial charge in [-0.1, -0.05) is 157 Å². The zero-order chi connectivity index (χ0) is 35.3. The van der Waals surface area contributed by atoms with Crippen LogP contribution >= 0.6 is 17.0 Å². The van der Waals surface area contributed by atoms with Crippen molar-refractivity contribution < 1.29 is 20.8 Å². The Morgan fingerprint density at radius 2 is 1.33 bits per heavy atom. The van der Waals surface area contributed by atoms with Crippen LogP contribution in [0.2, 0.25) is 0 Å². The van der Waals surface area contributed by atoms with Gasteiger partial charge >= 0.3 is 37.9 Å². The van der Waals surface area contributed by atoms with Gasteiger partial charge in [0.25, 0.3) is 0 Å². The summed E-state index contributed by atoms with van der Waals surface area (Å²) < 4.78 is 0. The van der Waals surface area contributed by atoms with Gasteiger partial charge in [-0.25, -0.2) is 0 Å². The van der Waals surface area contributed by atoms with E-state index in [1.54, 1.807) is 0 Å². The molecule has 1 heterocycles. The van der Waals surface area contributed by atoms with Gasteiger partial charge in [0.05, 0.1) is 9.52 Å². The summed E-state index contributed by atoms with van der Waals surface area (Å²) in [5.41, 5.74) is 12.5. The maximum Gasteiger partial charge on any atom is 0.0920 e. The van der Waals surface area contributed by atoms with Gasteiger partial charge in [-0.15, -0.1) is 34.0 Å². The van der Waals surface area contributed by atoms with E-state index in [0.717, 1.165) is 15.9 Å². The molecule has 0 N–H and O–H groups in total. The standard InChI is InChI=1S/C33H39.C12H7Si.2ClH.Zr/c1-9-22(2)25-17-24-15-16-29(23-13-11-10-12-14-23)31(30(24)20-25)26-18-27(32(3,4)5)21-28(19-26)33(6,7)8;1-3-7-11-9(5-1)10-6-2-4-8-12(10)13-11;;;/h10-22H,9H2,1-8H3;1-7H;2*1H;/q2*-1;;;+4/p-2. The van der Waals surface area contributed by atoms with E-state index in [-0.39, 0.29) is 10.8 Å². The Bertz CT molecular complexity index is 1940. The molecule has 1 aliphatic rings. The number of hydrogen-bond acceptors (Lipinski definition) is 0. The van der Waals surface area contributed by atoms with Gasteiger partial charge in [-0.05, 0) is 44.6 Å². The Kier molecular flexibility index (Phi) is 12.4. The van der Waals surface area contributed by atoms with Gasteiger partial charge in [0.15, 0.2) is 0 Å². The zero-order valence-corrected chi connectivity index (χ0v) is 35.0. The van der Waals surface area contributed by atoms with Crippen molar-refractivity contribution in [3.8, 4) is 33.4 Å². The van der Waals surface area contributed by atoms with Crippen molar-refractivity contribution in [2.75, 3.05) is 0 Å². The van der Waals surface area contributed by atoms with Crippen LogP contribution in [0.5, 0.6) is 0 Å². The predicted octanol–water partition coefficient (Wildman–Crippen LogP) is 12.5. The molecule has 2 radical (unpaired) electrons. The fourth-order valence-electron chi connectivity index (χ4n) is 6.36. The van der Waals surface area contributed by atoms with Gasteiger partial charge in [0.2, 0.25) is 0 Å². The molecule has 0 spiro atoms. The first-order valence-electron chi connectivity index (χ1n) is 17.1. The van der Waals surface area contributed by atoms with Crippen molar-refractivity contribution in [1.82, 2.24) is 0 Å². The van der Waals surface area contributed by atoms with E-state index in [4.69, 9.17) is 17.0 Å². The van der Waals surface area contributed by atoms with Crippen LogP contribution in [0.4, 0.5) is 0 Å². The molecular formula is C45H46Cl2SiZr. The molecule has 7 rings (SSSR count). The largest absolute Gasteiger partial charge is 0.184 e. The second-order valence-electron chi connectivity index (χ2n) is 15.0. The molecule has 1 unspecified atom stereocenters. The first kappa shape index (κ1) is 37.6. The van der Waals surface area contributed by atoms with Crippen molar-refractivity contribution in [3.63, 3.8) is 0 Å². The summed E-state index contributed by atoms with van der Waals surface area (Å²) in [6.07, 6.45) is 1.16. The van der Waals surface area contributed by atoms with Gasteiger partial charge < -0.3 is 0 Å². The summed E-state index contributed by atoms with van der Waals surface area (Å²) >= 11 is -0.826. The fourth-order valence-corrected chi connectivity index (χ4v) is 7.67. The van der Waals surface area contributed by atoms with Crippen LogP contribution in [-0.2, 0) is 31.7 Å². The molecule has 6 aromatic carbocycles. The van der Waals surface area contributed by atoms with Crippen LogP contribution in [0.25, 0.3) is 44.2 Å². The minimum atomic E-state index is -0.826. The normalized spacial score (nSPS) is 12.5. The third-order valence-corrected chi connectivity index (χ3v) is 10.8. The van der Waals surface area contributed by atoms with Crippen molar-refractivity contribution in [2.45, 2.75) is 78.6 Å². The molecule has 0 aromatic heterocycles. The Hall–Kier alpha value is -2.61. The molecule has 0 nitrogen and oxygen atoms in total. The van der Waals surface area contributed by atoms with Gasteiger partial charge in [-0.2, -0.15) is 35.5 Å². The average Bonchev–Trinajstić information content (AvgIpc) is 3.69. The summed E-state index contributed by atoms with van der Waals surface area (Å²) in [6.45, 7) is 18.5. The first-order chi connectivity index (χ1) is 23.3. The molecule has 0 saturated carbocycles. The van der Waals surface area contributed by atoms with Crippen molar-refractivity contribution in [2.24, 2.45) is 0 Å². The van der Waals surface area contributed by atoms with Crippen LogP contribution in [0.1, 0.15) is 84.4 Å². The first-order valence-corrected chi connectivity index (χ1v) is 24.5. The number of benzene rings is 5.